The molecule has 5 heteroatoms. The first kappa shape index (κ1) is 10.2. The van der Waals surface area contributed by atoms with Crippen LogP contribution in [0.25, 0.3) is 0 Å². The largest absolute Gasteiger partial charge is 0.381 e. The fourth-order valence-electron chi connectivity index (χ4n) is 0.548. The number of nitrogens with one attached hydrogen (secondary N) is 2. The summed E-state index contributed by atoms with van der Waals surface area (Å²) in [6, 6.07) is -0.531. The van der Waals surface area contributed by atoms with Crippen molar-refractivity contribution in [3.05, 3.63) is 0 Å². The van der Waals surface area contributed by atoms with Crippen LogP contribution in [0.4, 0.5) is 0 Å². The van der Waals surface area contributed by atoms with Crippen LogP contribution in [-0.2, 0) is 0 Å². The van der Waals surface area contributed by atoms with Gasteiger partial charge in [0.15, 0.2) is 0 Å². The van der Waals surface area contributed by atoms with E-state index >= 15 is 0 Å². The molecule has 0 aliphatic heterocycles. The normalized spacial score (nSPS) is 15.6. The van der Waals surface area contributed by atoms with Crippen LogP contribution in [0.1, 0.15) is 6.92 Å². The SMILES string of the molecule is CC(N)C(=N)C(O)C(=N)CN. The molecular weight excluding hydrogens is 144 g/mol. The average molecular weight is 158 g/mol. The van der Waals surface area contributed by atoms with Gasteiger partial charge in [0.2, 0.25) is 0 Å². The molecule has 0 aromatic rings. The maximum atomic E-state index is 9.15. The molecule has 11 heavy (non-hydrogen) atoms. The van der Waals surface area contributed by atoms with Crippen LogP contribution in [0.15, 0.2) is 0 Å². The number of aliphatic hydroxyl groups is 1. The van der Waals surface area contributed by atoms with E-state index in [0.717, 1.165) is 0 Å². The molecule has 2 atom stereocenters. The lowest BCUT2D eigenvalue weighted by Crippen LogP contribution is -2.42. The van der Waals surface area contributed by atoms with Crippen LogP contribution >= 0.6 is 0 Å². The molecule has 0 saturated carbocycles. The Hall–Kier alpha value is -0.780. The van der Waals surface area contributed by atoms with Gasteiger partial charge in [0, 0.05) is 12.6 Å². The molecular formula is C6H14N4O. The lowest BCUT2D eigenvalue weighted by molar-refractivity contribution is 0.298. The third-order valence-electron chi connectivity index (χ3n) is 1.34. The van der Waals surface area contributed by atoms with Crippen LogP contribution in [0.3, 0.4) is 0 Å². The smallest absolute Gasteiger partial charge is 0.131 e. The molecule has 0 fully saturated rings. The van der Waals surface area contributed by atoms with Crippen LogP contribution < -0.4 is 11.5 Å². The van der Waals surface area contributed by atoms with Crippen LogP contribution in [0.5, 0.6) is 0 Å². The molecule has 0 aromatic carbocycles. The van der Waals surface area contributed by atoms with Crippen LogP contribution in [-0.4, -0.2) is 35.2 Å². The number of hydrogen-bond donors (Lipinski definition) is 5. The van der Waals surface area contributed by atoms with Gasteiger partial charge in [-0.2, -0.15) is 0 Å². The standard InChI is InChI=1S/C6H14N4O/c1-3(8)5(10)6(11)4(9)2-7/h3,6,9-11H,2,7-8H2,1H3. The van der Waals surface area contributed by atoms with Gasteiger partial charge in [-0.15, -0.1) is 0 Å². The highest BCUT2D eigenvalue weighted by molar-refractivity contribution is 6.10. The van der Waals surface area contributed by atoms with Gasteiger partial charge in [-0.25, -0.2) is 0 Å². The van der Waals surface area contributed by atoms with E-state index in [9.17, 15) is 0 Å². The Bertz CT molecular complexity index is 166. The average Bonchev–Trinajstić information content (AvgIpc) is 2.00. The second-order valence-electron chi connectivity index (χ2n) is 2.38. The summed E-state index contributed by atoms with van der Waals surface area (Å²) in [5, 5.41) is 23.5. The zero-order valence-electron chi connectivity index (χ0n) is 6.46. The van der Waals surface area contributed by atoms with Crippen molar-refractivity contribution in [2.45, 2.75) is 19.1 Å². The first-order valence-corrected chi connectivity index (χ1v) is 3.30. The third-order valence-corrected chi connectivity index (χ3v) is 1.34. The molecule has 0 bridgehead atoms. The number of nitrogens with two attached hydrogens (primary N) is 2. The van der Waals surface area contributed by atoms with Crippen molar-refractivity contribution in [3.63, 3.8) is 0 Å². The van der Waals surface area contributed by atoms with E-state index < -0.39 is 12.1 Å². The first-order chi connectivity index (χ1) is 5.00. The molecule has 5 nitrogen and oxygen atoms in total. The van der Waals surface area contributed by atoms with Crippen LogP contribution in [0, 0.1) is 10.8 Å². The van der Waals surface area contributed by atoms with Gasteiger partial charge in [0.1, 0.15) is 6.10 Å². The Morgan fingerprint density at radius 2 is 2.00 bits per heavy atom. The highest BCUT2D eigenvalue weighted by Crippen LogP contribution is 1.92. The zero-order valence-corrected chi connectivity index (χ0v) is 6.46. The summed E-state index contributed by atoms with van der Waals surface area (Å²) in [6.45, 7) is 1.53. The number of aliphatic hydroxyl groups excluding tert-OH is 1. The summed E-state index contributed by atoms with van der Waals surface area (Å²) < 4.78 is 0. The summed E-state index contributed by atoms with van der Waals surface area (Å²) >= 11 is 0. The summed E-state index contributed by atoms with van der Waals surface area (Å²) in [7, 11) is 0. The molecule has 0 saturated heterocycles. The summed E-state index contributed by atoms with van der Waals surface area (Å²) in [5.41, 5.74) is 10.3. The molecule has 64 valence electrons. The molecule has 0 heterocycles. The summed E-state index contributed by atoms with van der Waals surface area (Å²) in [4.78, 5) is 0. The molecule has 0 aliphatic rings. The molecule has 7 N–H and O–H groups in total. The van der Waals surface area contributed by atoms with Gasteiger partial charge in [-0.05, 0) is 6.92 Å². The van der Waals surface area contributed by atoms with Gasteiger partial charge < -0.3 is 27.4 Å². The molecule has 0 aliphatic carbocycles. The van der Waals surface area contributed by atoms with Gasteiger partial charge in [0.25, 0.3) is 0 Å². The van der Waals surface area contributed by atoms with E-state index in [-0.39, 0.29) is 18.0 Å². The highest BCUT2D eigenvalue weighted by Gasteiger charge is 2.17. The molecule has 0 amide bonds. The van der Waals surface area contributed by atoms with Crippen molar-refractivity contribution in [3.8, 4) is 0 Å². The van der Waals surface area contributed by atoms with E-state index in [1.807, 2.05) is 0 Å². The Labute approximate surface area is 65.4 Å². The number of hydrogen-bond acceptors (Lipinski definition) is 5. The van der Waals surface area contributed by atoms with E-state index in [2.05, 4.69) is 0 Å². The second kappa shape index (κ2) is 4.17. The van der Waals surface area contributed by atoms with E-state index in [0.29, 0.717) is 0 Å². The summed E-state index contributed by atoms with van der Waals surface area (Å²) in [6.07, 6.45) is -1.21. The summed E-state index contributed by atoms with van der Waals surface area (Å²) in [5.74, 6) is 0. The minimum absolute atomic E-state index is 0.0454. The van der Waals surface area contributed by atoms with Gasteiger partial charge >= 0.3 is 0 Å². The van der Waals surface area contributed by atoms with E-state index in [1.54, 1.807) is 6.92 Å². The predicted molar refractivity (Wildman–Crippen MR) is 44.2 cm³/mol. The van der Waals surface area contributed by atoms with Crippen molar-refractivity contribution < 1.29 is 5.11 Å². The maximum absolute atomic E-state index is 9.15. The quantitative estimate of drug-likeness (QED) is 0.327. The molecule has 0 rings (SSSR count). The fraction of sp³-hybridized carbons (Fsp3) is 0.667. The highest BCUT2D eigenvalue weighted by atomic mass is 16.3. The van der Waals surface area contributed by atoms with Gasteiger partial charge in [0.05, 0.1) is 11.4 Å². The van der Waals surface area contributed by atoms with Gasteiger partial charge in [-0.1, -0.05) is 0 Å². The fourth-order valence-corrected chi connectivity index (χ4v) is 0.548. The minimum Gasteiger partial charge on any atom is -0.381 e. The monoisotopic (exact) mass is 158 g/mol. The predicted octanol–water partition coefficient (Wildman–Crippen LogP) is -1.31. The zero-order chi connectivity index (χ0) is 9.02. The Balaban J connectivity index is 4.13. The first-order valence-electron chi connectivity index (χ1n) is 3.30. The van der Waals surface area contributed by atoms with Crippen molar-refractivity contribution in [2.75, 3.05) is 6.54 Å². The lowest BCUT2D eigenvalue weighted by Gasteiger charge is -2.14. The molecule has 2 unspecified atom stereocenters. The van der Waals surface area contributed by atoms with Crippen molar-refractivity contribution in [1.82, 2.24) is 0 Å². The number of rotatable bonds is 4. The second-order valence-corrected chi connectivity index (χ2v) is 2.38. The van der Waals surface area contributed by atoms with Crippen molar-refractivity contribution in [1.29, 1.82) is 10.8 Å². The van der Waals surface area contributed by atoms with Gasteiger partial charge in [-0.3, -0.25) is 0 Å². The lowest BCUT2D eigenvalue weighted by atomic mass is 10.0. The third kappa shape index (κ3) is 2.75. The molecule has 0 aromatic heterocycles. The minimum atomic E-state index is -1.21. The molecule has 0 spiro atoms. The maximum Gasteiger partial charge on any atom is 0.131 e. The topological polar surface area (TPSA) is 120 Å². The Morgan fingerprint density at radius 1 is 1.55 bits per heavy atom. The van der Waals surface area contributed by atoms with Crippen LogP contribution in [0.2, 0.25) is 0 Å². The Morgan fingerprint density at radius 3 is 2.27 bits per heavy atom. The van der Waals surface area contributed by atoms with E-state index in [1.165, 1.54) is 0 Å². The van der Waals surface area contributed by atoms with Crippen molar-refractivity contribution in [2.24, 2.45) is 11.5 Å². The molecule has 0 radical (unpaired) electrons. The Kier molecular flexibility index (Phi) is 3.88. The van der Waals surface area contributed by atoms with Crippen molar-refractivity contribution >= 4 is 11.4 Å². The van der Waals surface area contributed by atoms with E-state index in [4.69, 9.17) is 27.4 Å².